The van der Waals surface area contributed by atoms with Crippen LogP contribution in [-0.4, -0.2) is 55.2 Å². The molecule has 0 aromatic heterocycles. The standard InChI is InChI=1S/C30H26F8N2O5S/c31-20-6-8-21(9-7-20)46(44,45)27-11-12-40(25(41)16-1-3-17(4-2-16)26(42)43)24(27)10-5-18-13-23(19(15-39)14-22(18)27)28(32,29(33,34)35)30(36,37)38/h6-9,13-14,16-17,24H,1-5,10-12H2,(H,42,43)/t16?,17?,24-,27-/m1/s1. The van der Waals surface area contributed by atoms with E-state index in [-0.39, 0.29) is 68.7 Å². The number of carboxylic acids is 1. The van der Waals surface area contributed by atoms with Gasteiger partial charge in [-0.05, 0) is 86.4 Å². The minimum Gasteiger partial charge on any atom is -0.481 e. The molecule has 1 saturated heterocycles. The van der Waals surface area contributed by atoms with Crippen LogP contribution in [-0.2, 0) is 36.3 Å². The van der Waals surface area contributed by atoms with E-state index in [1.54, 1.807) is 0 Å². The predicted molar refractivity (Wildman–Crippen MR) is 143 cm³/mol. The average molecular weight is 679 g/mol. The van der Waals surface area contributed by atoms with E-state index in [1.165, 1.54) is 11.0 Å². The lowest BCUT2D eigenvalue weighted by Gasteiger charge is -2.44. The molecule has 1 aliphatic heterocycles. The van der Waals surface area contributed by atoms with E-state index in [1.807, 2.05) is 0 Å². The number of likely N-dealkylation sites (tertiary alicyclic amines) is 1. The van der Waals surface area contributed by atoms with Crippen LogP contribution in [0.5, 0.6) is 0 Å². The van der Waals surface area contributed by atoms with Crippen molar-refractivity contribution in [3.63, 3.8) is 0 Å². The van der Waals surface area contributed by atoms with Gasteiger partial charge >= 0.3 is 24.0 Å². The Kier molecular flexibility index (Phi) is 8.19. The molecule has 0 bridgehead atoms. The second-order valence-corrected chi connectivity index (χ2v) is 14.1. The summed E-state index contributed by atoms with van der Waals surface area (Å²) in [5, 5.41) is 19.0. The Morgan fingerprint density at radius 1 is 0.913 bits per heavy atom. The number of amides is 1. The van der Waals surface area contributed by atoms with Crippen molar-refractivity contribution in [1.82, 2.24) is 4.90 Å². The van der Waals surface area contributed by atoms with Crippen LogP contribution in [0.15, 0.2) is 41.3 Å². The normalized spacial score (nSPS) is 25.4. The summed E-state index contributed by atoms with van der Waals surface area (Å²) in [4.78, 5) is 26.0. The van der Waals surface area contributed by atoms with Crippen molar-refractivity contribution in [3.8, 4) is 6.07 Å². The van der Waals surface area contributed by atoms with Crippen molar-refractivity contribution in [3.05, 3.63) is 64.5 Å². The van der Waals surface area contributed by atoms with E-state index < -0.39 is 84.2 Å². The van der Waals surface area contributed by atoms with Crippen LogP contribution in [0.1, 0.15) is 60.8 Å². The number of aliphatic carboxylic acids is 1. The molecule has 5 rings (SSSR count). The van der Waals surface area contributed by atoms with Gasteiger partial charge in [-0.1, -0.05) is 6.07 Å². The molecule has 248 valence electrons. The third-order valence-corrected chi connectivity index (χ3v) is 12.2. The summed E-state index contributed by atoms with van der Waals surface area (Å²) in [5.41, 5.74) is -10.1. The lowest BCUT2D eigenvalue weighted by atomic mass is 9.75. The fourth-order valence-electron chi connectivity index (χ4n) is 7.31. The number of hydrogen-bond acceptors (Lipinski definition) is 5. The maximum atomic E-state index is 15.3. The van der Waals surface area contributed by atoms with Crippen LogP contribution < -0.4 is 0 Å². The number of rotatable bonds is 5. The van der Waals surface area contributed by atoms with Gasteiger partial charge in [-0.2, -0.15) is 31.6 Å². The van der Waals surface area contributed by atoms with Crippen molar-refractivity contribution in [1.29, 1.82) is 5.26 Å². The van der Waals surface area contributed by atoms with Gasteiger partial charge in [0.1, 0.15) is 10.6 Å². The summed E-state index contributed by atoms with van der Waals surface area (Å²) in [6.07, 6.45) is -13.3. The summed E-state index contributed by atoms with van der Waals surface area (Å²) in [7, 11) is -4.72. The van der Waals surface area contributed by atoms with E-state index in [2.05, 4.69) is 0 Å². The van der Waals surface area contributed by atoms with Crippen molar-refractivity contribution in [2.75, 3.05) is 6.54 Å². The summed E-state index contributed by atoms with van der Waals surface area (Å²) in [6.45, 7) is -0.204. The zero-order valence-corrected chi connectivity index (χ0v) is 24.6. The lowest BCUT2D eigenvalue weighted by Crippen LogP contribution is -2.54. The smallest absolute Gasteiger partial charge is 0.435 e. The van der Waals surface area contributed by atoms with Gasteiger partial charge in [-0.15, -0.1) is 0 Å². The highest BCUT2D eigenvalue weighted by molar-refractivity contribution is 7.92. The molecular weight excluding hydrogens is 652 g/mol. The quantitative estimate of drug-likeness (QED) is 0.302. The molecule has 2 fully saturated rings. The van der Waals surface area contributed by atoms with Gasteiger partial charge in [0.25, 0.3) is 0 Å². The highest BCUT2D eigenvalue weighted by Crippen LogP contribution is 2.58. The van der Waals surface area contributed by atoms with Crippen LogP contribution in [0.3, 0.4) is 0 Å². The molecule has 2 aromatic carbocycles. The van der Waals surface area contributed by atoms with Crippen molar-refractivity contribution < 1.29 is 58.2 Å². The Morgan fingerprint density at radius 2 is 1.48 bits per heavy atom. The van der Waals surface area contributed by atoms with Crippen molar-refractivity contribution in [2.45, 2.75) is 78.7 Å². The van der Waals surface area contributed by atoms with Crippen LogP contribution in [0, 0.1) is 29.0 Å². The van der Waals surface area contributed by atoms with Crippen LogP contribution in [0.2, 0.25) is 0 Å². The molecule has 0 unspecified atom stereocenters. The summed E-state index contributed by atoms with van der Waals surface area (Å²) in [6, 6.07) is 4.29. The predicted octanol–water partition coefficient (Wildman–Crippen LogP) is 6.09. The molecular formula is C30H26F8N2O5S. The molecule has 0 radical (unpaired) electrons. The van der Waals surface area contributed by atoms with Gasteiger partial charge in [0.15, 0.2) is 9.84 Å². The molecule has 3 aliphatic rings. The molecule has 0 spiro atoms. The Hall–Kier alpha value is -3.74. The summed E-state index contributed by atoms with van der Waals surface area (Å²) in [5.74, 6) is -3.61. The number of fused-ring (bicyclic) bond motifs is 3. The fraction of sp³-hybridized carbons (Fsp3) is 0.500. The number of nitrogens with zero attached hydrogens (tertiary/aromatic N) is 2. The second kappa shape index (κ2) is 11.2. The van der Waals surface area contributed by atoms with Crippen LogP contribution in [0.4, 0.5) is 35.1 Å². The Morgan fingerprint density at radius 3 is 2.00 bits per heavy atom. The Balaban J connectivity index is 1.69. The lowest BCUT2D eigenvalue weighted by molar-refractivity contribution is -0.348. The maximum Gasteiger partial charge on any atom is 0.435 e. The highest BCUT2D eigenvalue weighted by Gasteiger charge is 2.74. The number of hydrogen-bond donors (Lipinski definition) is 1. The summed E-state index contributed by atoms with van der Waals surface area (Å²) < 4.78 is 138. The average Bonchev–Trinajstić information content (AvgIpc) is 3.40. The number of carbonyl (C=O) groups excluding carboxylic acids is 1. The largest absolute Gasteiger partial charge is 0.481 e. The Bertz CT molecular complexity index is 1700. The molecule has 16 heteroatoms. The third-order valence-electron chi connectivity index (χ3n) is 9.61. The van der Waals surface area contributed by atoms with E-state index in [0.717, 1.165) is 24.3 Å². The molecule has 7 nitrogen and oxygen atoms in total. The zero-order valence-electron chi connectivity index (χ0n) is 23.8. The number of nitriles is 1. The topological polar surface area (TPSA) is 116 Å². The first-order valence-corrected chi connectivity index (χ1v) is 15.7. The highest BCUT2D eigenvalue weighted by atomic mass is 32.2. The molecule has 2 aliphatic carbocycles. The van der Waals surface area contributed by atoms with Crippen molar-refractivity contribution in [2.24, 2.45) is 11.8 Å². The first kappa shape index (κ1) is 33.6. The molecule has 2 atom stereocenters. The number of alkyl halides is 7. The van der Waals surface area contributed by atoms with E-state index in [9.17, 15) is 59.1 Å². The number of halogens is 8. The minimum atomic E-state index is -6.53. The minimum absolute atomic E-state index is 0.197. The molecule has 1 saturated carbocycles. The SMILES string of the molecule is N#Cc1cc2c(cc1C(F)(C(F)(F)F)C(F)(F)F)CC[C@H]1N(C(=O)C3CCC(C(=O)O)CC3)CC[C@@]21S(=O)(=O)c1ccc(F)cc1. The molecule has 1 N–H and O–H groups in total. The Labute approximate surface area is 257 Å². The zero-order chi connectivity index (χ0) is 34.0. The molecule has 2 aromatic rings. The number of aryl methyl sites for hydroxylation is 1. The third kappa shape index (κ3) is 4.92. The van der Waals surface area contributed by atoms with Gasteiger partial charge < -0.3 is 10.0 Å². The second-order valence-electron chi connectivity index (χ2n) is 11.9. The van der Waals surface area contributed by atoms with Crippen molar-refractivity contribution >= 4 is 21.7 Å². The van der Waals surface area contributed by atoms with Gasteiger partial charge in [0.2, 0.25) is 5.91 Å². The molecule has 1 heterocycles. The van der Waals surface area contributed by atoms with Gasteiger partial charge in [0, 0.05) is 18.0 Å². The first-order valence-electron chi connectivity index (χ1n) is 14.2. The van der Waals surface area contributed by atoms with E-state index in [0.29, 0.717) is 6.07 Å². The first-order chi connectivity index (χ1) is 21.3. The van der Waals surface area contributed by atoms with Gasteiger partial charge in [0.05, 0.1) is 28.5 Å². The monoisotopic (exact) mass is 678 g/mol. The van der Waals surface area contributed by atoms with Crippen LogP contribution >= 0.6 is 0 Å². The van der Waals surface area contributed by atoms with Gasteiger partial charge in [-0.25, -0.2) is 17.2 Å². The maximum absolute atomic E-state index is 15.3. The summed E-state index contributed by atoms with van der Waals surface area (Å²) >= 11 is 0. The fourth-order valence-corrected chi connectivity index (χ4v) is 9.67. The van der Waals surface area contributed by atoms with E-state index in [4.69, 9.17) is 0 Å². The number of carboxylic acid groups (broad SMARTS) is 1. The van der Waals surface area contributed by atoms with Crippen LogP contribution in [0.25, 0.3) is 0 Å². The number of benzene rings is 2. The van der Waals surface area contributed by atoms with Gasteiger partial charge in [-0.3, -0.25) is 9.59 Å². The number of sulfone groups is 1. The van der Waals surface area contributed by atoms with E-state index >= 15 is 4.39 Å². The molecule has 1 amide bonds. The molecule has 46 heavy (non-hydrogen) atoms. The number of carbonyl (C=O) groups is 2.